The van der Waals surface area contributed by atoms with Gasteiger partial charge in [0.2, 0.25) is 0 Å². The highest BCUT2D eigenvalue weighted by atomic mass is 19.4. The van der Waals surface area contributed by atoms with Gasteiger partial charge in [-0.3, -0.25) is 14.5 Å². The van der Waals surface area contributed by atoms with Crippen LogP contribution in [-0.4, -0.2) is 82.9 Å². The molecule has 37 heavy (non-hydrogen) atoms. The van der Waals surface area contributed by atoms with Crippen LogP contribution in [0.3, 0.4) is 0 Å². The normalized spacial score (nSPS) is 24.6. The highest BCUT2D eigenvalue weighted by Crippen LogP contribution is 2.44. The smallest absolute Gasteiger partial charge is 0.366 e. The predicted molar refractivity (Wildman–Crippen MR) is 125 cm³/mol. The largest absolute Gasteiger partial charge is 0.422 e. The van der Waals surface area contributed by atoms with Crippen molar-refractivity contribution in [2.75, 3.05) is 50.8 Å². The molecule has 2 aliphatic heterocycles. The zero-order chi connectivity index (χ0) is 26.4. The van der Waals surface area contributed by atoms with Gasteiger partial charge in [0, 0.05) is 45.5 Å². The van der Waals surface area contributed by atoms with E-state index in [-0.39, 0.29) is 36.7 Å². The number of nitrogens with zero attached hydrogens (tertiary/aromatic N) is 6. The number of carbonyl (C=O) groups excluding carboxylic acids is 1. The highest BCUT2D eigenvalue weighted by molar-refractivity contribution is 5.81. The van der Waals surface area contributed by atoms with E-state index in [9.17, 15) is 22.8 Å². The van der Waals surface area contributed by atoms with Crippen LogP contribution in [0.4, 0.5) is 19.0 Å². The number of nitrogens with one attached hydrogen (secondary N) is 1. The molecule has 2 aromatic rings. The van der Waals surface area contributed by atoms with Gasteiger partial charge in [-0.1, -0.05) is 0 Å². The van der Waals surface area contributed by atoms with Gasteiger partial charge in [0.1, 0.15) is 23.6 Å². The number of alkyl halides is 3. The van der Waals surface area contributed by atoms with Crippen LogP contribution in [0.25, 0.3) is 0 Å². The van der Waals surface area contributed by atoms with Crippen molar-refractivity contribution in [1.29, 1.82) is 5.26 Å². The number of nitriles is 1. The molecular formula is C24H26F3N7O3. The summed E-state index contributed by atoms with van der Waals surface area (Å²) in [6.45, 7) is 4.80. The number of anilines is 1. The Morgan fingerprint density at radius 1 is 1.24 bits per heavy atom. The maximum Gasteiger partial charge on any atom is 0.422 e. The van der Waals surface area contributed by atoms with E-state index < -0.39 is 28.9 Å². The highest BCUT2D eigenvalue weighted by Gasteiger charge is 2.49. The van der Waals surface area contributed by atoms with Crippen molar-refractivity contribution in [3.8, 4) is 6.07 Å². The van der Waals surface area contributed by atoms with Crippen molar-refractivity contribution in [3.63, 3.8) is 0 Å². The number of H-pyrrole nitrogens is 1. The average Bonchev–Trinajstić information content (AvgIpc) is 3.25. The molecule has 0 spiro atoms. The van der Waals surface area contributed by atoms with Crippen LogP contribution in [0.2, 0.25) is 0 Å². The number of carbonyl (C=O) groups is 1. The second-order valence-electron chi connectivity index (χ2n) is 9.66. The lowest BCUT2D eigenvalue weighted by Crippen LogP contribution is -2.58. The Bertz CT molecular complexity index is 1280. The van der Waals surface area contributed by atoms with Crippen LogP contribution in [0, 0.1) is 11.3 Å². The van der Waals surface area contributed by atoms with E-state index in [4.69, 9.17) is 10.00 Å². The van der Waals surface area contributed by atoms with Crippen molar-refractivity contribution < 1.29 is 22.7 Å². The molecule has 1 amide bonds. The Balaban J connectivity index is 1.27. The summed E-state index contributed by atoms with van der Waals surface area (Å²) < 4.78 is 46.6. The fraction of sp³-hybridized carbons (Fsp3) is 0.542. The van der Waals surface area contributed by atoms with E-state index in [2.05, 4.69) is 10.1 Å². The molecule has 0 radical (unpaired) electrons. The lowest BCUT2D eigenvalue weighted by molar-refractivity contribution is -0.153. The molecule has 4 heterocycles. The molecule has 5 rings (SSSR count). The topological polar surface area (TPSA) is 118 Å². The SMILES string of the molecule is C[C@]1(N2CCO[C@@H](C(=O)N3CCN(c4ccc(C#N)cn4)CC3)C2)CCc2c1n[nH]c(=O)c2C(F)(F)F. The minimum atomic E-state index is -4.77. The van der Waals surface area contributed by atoms with Crippen LogP contribution in [0.5, 0.6) is 0 Å². The summed E-state index contributed by atoms with van der Waals surface area (Å²) in [6.07, 6.45) is -3.57. The molecule has 0 aromatic carbocycles. The Morgan fingerprint density at radius 2 is 2.00 bits per heavy atom. The number of morpholine rings is 1. The lowest BCUT2D eigenvalue weighted by Gasteiger charge is -2.44. The lowest BCUT2D eigenvalue weighted by atomic mass is 9.94. The molecule has 1 aliphatic carbocycles. The first-order valence-electron chi connectivity index (χ1n) is 12.1. The van der Waals surface area contributed by atoms with Gasteiger partial charge in [0.05, 0.1) is 23.4 Å². The molecule has 13 heteroatoms. The zero-order valence-corrected chi connectivity index (χ0v) is 20.2. The molecule has 10 nitrogen and oxygen atoms in total. The fourth-order valence-corrected chi connectivity index (χ4v) is 5.51. The monoisotopic (exact) mass is 517 g/mol. The van der Waals surface area contributed by atoms with Crippen molar-refractivity contribution >= 4 is 11.7 Å². The third kappa shape index (κ3) is 4.55. The van der Waals surface area contributed by atoms with Gasteiger partial charge in [-0.05, 0) is 37.5 Å². The Labute approximate surface area is 210 Å². The summed E-state index contributed by atoms with van der Waals surface area (Å²) in [5, 5.41) is 15.0. The summed E-state index contributed by atoms with van der Waals surface area (Å²) >= 11 is 0. The maximum atomic E-state index is 13.6. The number of ether oxygens (including phenoxy) is 1. The summed E-state index contributed by atoms with van der Waals surface area (Å²) in [6, 6.07) is 5.52. The van der Waals surface area contributed by atoms with E-state index in [0.717, 1.165) is 5.82 Å². The second-order valence-corrected chi connectivity index (χ2v) is 9.66. The number of rotatable bonds is 3. The van der Waals surface area contributed by atoms with Crippen LogP contribution in [0.15, 0.2) is 23.1 Å². The summed E-state index contributed by atoms with van der Waals surface area (Å²) in [5.41, 5.74) is -2.66. The Hall–Kier alpha value is -3.50. The minimum absolute atomic E-state index is 0.0688. The number of fused-ring (bicyclic) bond motifs is 1. The molecule has 0 saturated carbocycles. The van der Waals surface area contributed by atoms with Crippen LogP contribution in [0.1, 0.15) is 35.7 Å². The van der Waals surface area contributed by atoms with Crippen molar-refractivity contribution in [2.45, 2.75) is 37.6 Å². The van der Waals surface area contributed by atoms with E-state index >= 15 is 0 Å². The molecule has 2 fully saturated rings. The number of aromatic amines is 1. The molecule has 3 aliphatic rings. The molecule has 0 bridgehead atoms. The standard InChI is InChI=1S/C24H26F3N7O3/c1-23(5-4-16-19(24(25,26)27)21(35)31-30-20(16)23)34-10-11-37-17(14-34)22(36)33-8-6-32(7-9-33)18-3-2-15(12-28)13-29-18/h2-3,13,17H,4-11,14H2,1H3,(H,31,35)/t17-,23+/m1/s1. The molecule has 196 valence electrons. The van der Waals surface area contributed by atoms with Crippen molar-refractivity contribution in [1.82, 2.24) is 25.0 Å². The van der Waals surface area contributed by atoms with Crippen LogP contribution >= 0.6 is 0 Å². The van der Waals surface area contributed by atoms with Crippen molar-refractivity contribution in [2.24, 2.45) is 0 Å². The minimum Gasteiger partial charge on any atom is -0.366 e. The van der Waals surface area contributed by atoms with Crippen LogP contribution < -0.4 is 10.5 Å². The predicted octanol–water partition coefficient (Wildman–Crippen LogP) is 1.27. The first kappa shape index (κ1) is 25.2. The number of hydrogen-bond donors (Lipinski definition) is 1. The molecule has 1 N–H and O–H groups in total. The molecule has 0 unspecified atom stereocenters. The Morgan fingerprint density at radius 3 is 2.65 bits per heavy atom. The van der Waals surface area contributed by atoms with Gasteiger partial charge < -0.3 is 14.5 Å². The summed E-state index contributed by atoms with van der Waals surface area (Å²) in [4.78, 5) is 35.3. The third-order valence-electron chi connectivity index (χ3n) is 7.57. The number of halogens is 3. The van der Waals surface area contributed by atoms with Gasteiger partial charge in [-0.25, -0.2) is 10.1 Å². The summed E-state index contributed by atoms with van der Waals surface area (Å²) in [7, 11) is 0. The van der Waals surface area contributed by atoms with E-state index in [1.807, 2.05) is 21.0 Å². The number of piperazine rings is 1. The first-order chi connectivity index (χ1) is 17.6. The van der Waals surface area contributed by atoms with Gasteiger partial charge in [0.15, 0.2) is 0 Å². The van der Waals surface area contributed by atoms with Crippen LogP contribution in [-0.2, 0) is 27.7 Å². The van der Waals surface area contributed by atoms with Crippen molar-refractivity contribution in [3.05, 3.63) is 51.1 Å². The number of amides is 1. The second kappa shape index (κ2) is 9.42. The molecule has 2 saturated heterocycles. The maximum absolute atomic E-state index is 13.6. The zero-order valence-electron chi connectivity index (χ0n) is 20.2. The van der Waals surface area contributed by atoms with E-state index in [1.165, 1.54) is 6.20 Å². The molecule has 2 aromatic heterocycles. The number of pyridine rings is 1. The third-order valence-corrected chi connectivity index (χ3v) is 7.57. The van der Waals surface area contributed by atoms with Gasteiger partial charge >= 0.3 is 6.18 Å². The average molecular weight is 518 g/mol. The van der Waals surface area contributed by atoms with E-state index in [0.29, 0.717) is 44.7 Å². The molecule has 2 atom stereocenters. The van der Waals surface area contributed by atoms with Gasteiger partial charge in [0.25, 0.3) is 11.5 Å². The molecular weight excluding hydrogens is 491 g/mol. The van der Waals surface area contributed by atoms with Gasteiger partial charge in [-0.2, -0.15) is 23.5 Å². The fourth-order valence-electron chi connectivity index (χ4n) is 5.51. The number of hydrogen-bond acceptors (Lipinski definition) is 8. The quantitative estimate of drug-likeness (QED) is 0.647. The van der Waals surface area contributed by atoms with E-state index in [1.54, 1.807) is 24.0 Å². The first-order valence-corrected chi connectivity index (χ1v) is 12.1. The number of aromatic nitrogens is 3. The van der Waals surface area contributed by atoms with Gasteiger partial charge in [-0.15, -0.1) is 0 Å². The summed E-state index contributed by atoms with van der Waals surface area (Å²) in [5.74, 6) is 0.576. The Kier molecular flexibility index (Phi) is 6.41.